The van der Waals surface area contributed by atoms with Crippen LogP contribution >= 0.6 is 23.1 Å². The molecule has 0 spiro atoms. The molecule has 0 aliphatic heterocycles. The summed E-state index contributed by atoms with van der Waals surface area (Å²) >= 11 is 2.76. The molecule has 1 atom stereocenters. The van der Waals surface area contributed by atoms with Crippen LogP contribution in [0.1, 0.15) is 34.1 Å². The number of esters is 1. The highest BCUT2D eigenvalue weighted by atomic mass is 32.2. The van der Waals surface area contributed by atoms with Gasteiger partial charge in [-0.25, -0.2) is 14.8 Å². The van der Waals surface area contributed by atoms with Crippen LogP contribution < -0.4 is 5.32 Å². The van der Waals surface area contributed by atoms with E-state index in [1.54, 1.807) is 0 Å². The third-order valence-electron chi connectivity index (χ3n) is 4.65. The molecular formula is C22H23N3O3S2. The van der Waals surface area contributed by atoms with Crippen LogP contribution in [-0.4, -0.2) is 34.2 Å². The molecule has 30 heavy (non-hydrogen) atoms. The number of nitrogens with one attached hydrogen (secondary N) is 1. The molecule has 8 heteroatoms. The van der Waals surface area contributed by atoms with Gasteiger partial charge in [0.2, 0.25) is 5.91 Å². The Kier molecular flexibility index (Phi) is 7.23. The maximum absolute atomic E-state index is 13.0. The predicted molar refractivity (Wildman–Crippen MR) is 121 cm³/mol. The number of hydrogen-bond acceptors (Lipinski definition) is 7. The molecule has 0 bridgehead atoms. The number of ether oxygens (including phenoxy) is 1. The van der Waals surface area contributed by atoms with Gasteiger partial charge < -0.3 is 10.1 Å². The molecule has 0 fully saturated rings. The average molecular weight is 442 g/mol. The van der Waals surface area contributed by atoms with Crippen LogP contribution in [0, 0.1) is 13.8 Å². The number of nitrogens with zero attached hydrogens (tertiary/aromatic N) is 2. The molecule has 156 valence electrons. The largest absolute Gasteiger partial charge is 0.465 e. The van der Waals surface area contributed by atoms with Crippen molar-refractivity contribution in [1.82, 2.24) is 9.97 Å². The maximum Gasteiger partial charge on any atom is 0.341 e. The summed E-state index contributed by atoms with van der Waals surface area (Å²) < 4.78 is 4.88. The van der Waals surface area contributed by atoms with Gasteiger partial charge in [0, 0.05) is 10.4 Å². The van der Waals surface area contributed by atoms with Crippen LogP contribution in [-0.2, 0) is 9.53 Å². The number of thiophene rings is 1. The lowest BCUT2D eigenvalue weighted by molar-refractivity contribution is -0.115. The van der Waals surface area contributed by atoms with E-state index in [1.807, 2.05) is 57.2 Å². The predicted octanol–water partition coefficient (Wildman–Crippen LogP) is 5.12. The quantitative estimate of drug-likeness (QED) is 0.311. The van der Waals surface area contributed by atoms with Gasteiger partial charge in [0.15, 0.2) is 0 Å². The van der Waals surface area contributed by atoms with Gasteiger partial charge in [0.05, 0.1) is 23.6 Å². The minimum absolute atomic E-state index is 0.172. The lowest BCUT2D eigenvalue weighted by atomic mass is 10.1. The van der Waals surface area contributed by atoms with Gasteiger partial charge in [-0.15, -0.1) is 11.3 Å². The van der Waals surface area contributed by atoms with E-state index < -0.39 is 5.97 Å². The summed E-state index contributed by atoms with van der Waals surface area (Å²) in [6.45, 7) is 5.72. The van der Waals surface area contributed by atoms with Gasteiger partial charge in [-0.3, -0.25) is 4.79 Å². The first-order chi connectivity index (χ1) is 14.4. The number of thioether (sulfide) groups is 1. The van der Waals surface area contributed by atoms with Crippen molar-refractivity contribution >= 4 is 40.0 Å². The Bertz CT molecular complexity index is 1050. The van der Waals surface area contributed by atoms with Gasteiger partial charge in [-0.1, -0.05) is 49.0 Å². The summed E-state index contributed by atoms with van der Waals surface area (Å²) in [7, 11) is 1.34. The van der Waals surface area contributed by atoms with Crippen molar-refractivity contribution in [3.8, 4) is 11.3 Å². The monoisotopic (exact) mass is 441 g/mol. The zero-order valence-electron chi connectivity index (χ0n) is 17.3. The first-order valence-electron chi connectivity index (χ1n) is 9.47. The minimum Gasteiger partial charge on any atom is -0.465 e. The van der Waals surface area contributed by atoms with E-state index in [0.717, 1.165) is 26.7 Å². The van der Waals surface area contributed by atoms with E-state index in [9.17, 15) is 9.59 Å². The highest BCUT2D eigenvalue weighted by Crippen LogP contribution is 2.34. The molecule has 1 unspecified atom stereocenters. The van der Waals surface area contributed by atoms with Crippen molar-refractivity contribution in [3.63, 3.8) is 0 Å². The van der Waals surface area contributed by atoms with Gasteiger partial charge in [0.25, 0.3) is 0 Å². The van der Waals surface area contributed by atoms with E-state index >= 15 is 0 Å². The first-order valence-corrected chi connectivity index (χ1v) is 11.2. The Morgan fingerprint density at radius 3 is 2.60 bits per heavy atom. The van der Waals surface area contributed by atoms with Crippen LogP contribution in [0.5, 0.6) is 0 Å². The van der Waals surface area contributed by atoms with E-state index in [1.165, 1.54) is 36.5 Å². The van der Waals surface area contributed by atoms with E-state index in [-0.39, 0.29) is 11.2 Å². The number of amides is 1. The number of hydrogen-bond donors (Lipinski definition) is 1. The molecule has 1 amide bonds. The topological polar surface area (TPSA) is 81.2 Å². The molecule has 1 aromatic carbocycles. The number of aryl methyl sites for hydroxylation is 1. The second-order valence-electron chi connectivity index (χ2n) is 6.59. The highest BCUT2D eigenvalue weighted by molar-refractivity contribution is 8.00. The summed E-state index contributed by atoms with van der Waals surface area (Å²) in [5.74, 6) is -0.620. The number of benzene rings is 1. The van der Waals surface area contributed by atoms with E-state index in [2.05, 4.69) is 15.3 Å². The van der Waals surface area contributed by atoms with Crippen LogP contribution in [0.4, 0.5) is 5.00 Å². The summed E-state index contributed by atoms with van der Waals surface area (Å²) in [6.07, 6.45) is 2.12. The number of methoxy groups -OCH3 is 1. The fourth-order valence-corrected chi connectivity index (χ4v) is 4.86. The number of rotatable bonds is 7. The molecule has 0 aliphatic carbocycles. The van der Waals surface area contributed by atoms with Crippen molar-refractivity contribution in [3.05, 3.63) is 58.7 Å². The highest BCUT2D eigenvalue weighted by Gasteiger charge is 2.25. The van der Waals surface area contributed by atoms with Crippen molar-refractivity contribution < 1.29 is 14.3 Å². The summed E-state index contributed by atoms with van der Waals surface area (Å²) in [5, 5.41) is 3.80. The molecule has 6 nitrogen and oxygen atoms in total. The second-order valence-corrected chi connectivity index (χ2v) is 9.04. The molecular weight excluding hydrogens is 418 g/mol. The maximum atomic E-state index is 13.0. The Hall–Kier alpha value is -2.71. The third-order valence-corrected chi connectivity index (χ3v) is 7.07. The Morgan fingerprint density at radius 1 is 1.20 bits per heavy atom. The number of anilines is 1. The summed E-state index contributed by atoms with van der Waals surface area (Å²) in [5.41, 5.74) is 3.04. The van der Waals surface area contributed by atoms with E-state index in [0.29, 0.717) is 17.0 Å². The van der Waals surface area contributed by atoms with Gasteiger partial charge in [-0.2, -0.15) is 0 Å². The lowest BCUT2D eigenvalue weighted by Crippen LogP contribution is -2.25. The molecule has 0 saturated heterocycles. The zero-order valence-corrected chi connectivity index (χ0v) is 18.9. The lowest BCUT2D eigenvalue weighted by Gasteiger charge is -2.14. The van der Waals surface area contributed by atoms with Crippen molar-refractivity contribution in [2.24, 2.45) is 0 Å². The van der Waals surface area contributed by atoms with Gasteiger partial charge in [-0.05, 0) is 31.9 Å². The third kappa shape index (κ3) is 4.88. The Morgan fingerprint density at radius 2 is 1.93 bits per heavy atom. The van der Waals surface area contributed by atoms with Gasteiger partial charge >= 0.3 is 5.97 Å². The molecule has 2 heterocycles. The van der Waals surface area contributed by atoms with Crippen molar-refractivity contribution in [2.75, 3.05) is 12.4 Å². The molecule has 0 aliphatic rings. The standard InChI is InChI=1S/C22H23N3O3S2/c1-5-17(20(26)25-21-19(22(27)28-4)13(2)14(3)29-21)30-18-11-16(23-12-24-18)15-9-7-6-8-10-15/h6-12,17H,5H2,1-4H3,(H,25,26). The summed E-state index contributed by atoms with van der Waals surface area (Å²) in [4.78, 5) is 34.7. The first kappa shape index (κ1) is 22.0. The molecule has 3 rings (SSSR count). The van der Waals surface area contributed by atoms with Crippen LogP contribution in [0.3, 0.4) is 0 Å². The zero-order chi connectivity index (χ0) is 21.7. The summed E-state index contributed by atoms with van der Waals surface area (Å²) in [6, 6.07) is 11.7. The van der Waals surface area contributed by atoms with Crippen LogP contribution in [0.15, 0.2) is 47.8 Å². The Balaban J connectivity index is 1.78. The number of aromatic nitrogens is 2. The minimum atomic E-state index is -0.448. The van der Waals surface area contributed by atoms with Crippen molar-refractivity contribution in [1.29, 1.82) is 0 Å². The van der Waals surface area contributed by atoms with Crippen LogP contribution in [0.25, 0.3) is 11.3 Å². The molecule has 2 aromatic heterocycles. The fraction of sp³-hybridized carbons (Fsp3) is 0.273. The van der Waals surface area contributed by atoms with Crippen LogP contribution in [0.2, 0.25) is 0 Å². The van der Waals surface area contributed by atoms with Gasteiger partial charge in [0.1, 0.15) is 16.4 Å². The molecule has 0 saturated carbocycles. The van der Waals surface area contributed by atoms with Crippen molar-refractivity contribution in [2.45, 2.75) is 37.5 Å². The molecule has 1 N–H and O–H groups in total. The number of carbonyl (C=O) groups is 2. The normalized spacial score (nSPS) is 11.7. The van der Waals surface area contributed by atoms with E-state index in [4.69, 9.17) is 4.74 Å². The number of carbonyl (C=O) groups excluding carboxylic acids is 2. The fourth-order valence-electron chi connectivity index (χ4n) is 2.89. The average Bonchev–Trinajstić information content (AvgIpc) is 3.05. The molecule has 0 radical (unpaired) electrons. The Labute approximate surface area is 184 Å². The smallest absolute Gasteiger partial charge is 0.341 e. The second kappa shape index (κ2) is 9.86. The SMILES string of the molecule is CCC(Sc1cc(-c2ccccc2)ncn1)C(=O)Nc1sc(C)c(C)c1C(=O)OC. The molecule has 3 aromatic rings.